The van der Waals surface area contributed by atoms with Crippen molar-refractivity contribution in [3.05, 3.63) is 107 Å². The molecule has 0 bridgehead atoms. The number of rotatable bonds is 20. The minimum atomic E-state index is -1.14. The van der Waals surface area contributed by atoms with E-state index in [1.165, 1.54) is 24.1 Å². The largest absolute Gasteiger partial charge is 0.494 e. The lowest BCUT2D eigenvalue weighted by molar-refractivity contribution is -0.144. The molecule has 1 aliphatic heterocycles. The van der Waals surface area contributed by atoms with Crippen LogP contribution in [-0.4, -0.2) is 102 Å². The van der Waals surface area contributed by atoms with E-state index < -0.39 is 34.8 Å². The summed E-state index contributed by atoms with van der Waals surface area (Å²) in [5.41, 5.74) is 5.15. The Hall–Kier alpha value is -6.81. The molecule has 15 nitrogen and oxygen atoms in total. The van der Waals surface area contributed by atoms with Crippen LogP contribution in [0.4, 0.5) is 15.8 Å². The van der Waals surface area contributed by atoms with Gasteiger partial charge in [-0.1, -0.05) is 45.0 Å². The number of ether oxygens (including phenoxy) is 3. The number of aldehydes is 1. The Balaban J connectivity index is 0.933. The third kappa shape index (κ3) is 13.1. The Kier molecular flexibility index (Phi) is 18.0. The van der Waals surface area contributed by atoms with Crippen molar-refractivity contribution < 1.29 is 37.8 Å². The van der Waals surface area contributed by atoms with E-state index >= 15 is 4.39 Å². The minimum absolute atomic E-state index is 0.0384. The highest BCUT2D eigenvalue weighted by molar-refractivity contribution is 7.80. The van der Waals surface area contributed by atoms with Crippen LogP contribution in [0.2, 0.25) is 0 Å². The SMILES string of the molecule is COc1c(C#N)ccc(N(C)C(=S)N(c2ccc(-c3ccc(OCCCCOCC(=O)NC(C(=O)N4CCCC4C(=O)NCc4ccc(-c5scnc5C)cc4)C(C)(C)C)cc3)nc2)C(C)(C)C=O)c1F. The van der Waals surface area contributed by atoms with Gasteiger partial charge in [0.15, 0.2) is 16.7 Å². The third-order valence-electron chi connectivity index (χ3n) is 12.1. The van der Waals surface area contributed by atoms with Crippen molar-refractivity contribution >= 4 is 64.0 Å². The Labute approximate surface area is 424 Å². The van der Waals surface area contributed by atoms with Crippen molar-refractivity contribution in [2.45, 2.75) is 91.4 Å². The Morgan fingerprint density at radius 1 is 1.00 bits per heavy atom. The number of nitrogens with one attached hydrogen (secondary N) is 2. The summed E-state index contributed by atoms with van der Waals surface area (Å²) in [6.45, 7) is 12.3. The monoisotopic (exact) mass is 1000 g/mol. The number of unbranched alkanes of at least 4 members (excludes halogenated alkanes) is 1. The van der Waals surface area contributed by atoms with Crippen molar-refractivity contribution in [2.24, 2.45) is 5.41 Å². The molecule has 3 aromatic carbocycles. The predicted octanol–water partition coefficient (Wildman–Crippen LogP) is 8.42. The normalized spacial score (nSPS) is 14.0. The van der Waals surface area contributed by atoms with Gasteiger partial charge in [-0.05, 0) is 124 Å². The van der Waals surface area contributed by atoms with Crippen LogP contribution in [0.15, 0.2) is 84.5 Å². The van der Waals surface area contributed by atoms with E-state index in [1.807, 2.05) is 87.8 Å². The van der Waals surface area contributed by atoms with Gasteiger partial charge in [-0.3, -0.25) is 19.4 Å². The van der Waals surface area contributed by atoms with Crippen molar-refractivity contribution in [3.8, 4) is 39.3 Å². The molecule has 18 heteroatoms. The number of carbonyl (C=O) groups is 4. The fraction of sp³-hybridized carbons (Fsp3) is 0.396. The molecule has 2 unspecified atom stereocenters. The second kappa shape index (κ2) is 23.9. The molecule has 1 fully saturated rings. The number of nitrogens with zero attached hydrogens (tertiary/aromatic N) is 6. The molecule has 1 aliphatic rings. The molecular weight excluding hydrogens is 944 g/mol. The summed E-state index contributed by atoms with van der Waals surface area (Å²) < 4.78 is 32.3. The second-order valence-electron chi connectivity index (χ2n) is 18.8. The number of carbonyl (C=O) groups excluding carboxylic acids is 4. The predicted molar refractivity (Wildman–Crippen MR) is 277 cm³/mol. The van der Waals surface area contributed by atoms with E-state index in [2.05, 4.69) is 20.6 Å². The number of anilines is 2. The van der Waals surface area contributed by atoms with Crippen LogP contribution in [0.5, 0.6) is 11.5 Å². The zero-order valence-corrected chi connectivity index (χ0v) is 43.0. The summed E-state index contributed by atoms with van der Waals surface area (Å²) in [5.74, 6) is -1.22. The van der Waals surface area contributed by atoms with Crippen molar-refractivity contribution in [3.63, 3.8) is 0 Å². The van der Waals surface area contributed by atoms with E-state index in [4.69, 9.17) is 26.4 Å². The van der Waals surface area contributed by atoms with Crippen LogP contribution < -0.4 is 29.9 Å². The number of halogens is 1. The number of benzene rings is 3. The molecule has 2 N–H and O–H groups in total. The topological polar surface area (TPSA) is 179 Å². The molecule has 0 radical (unpaired) electrons. The van der Waals surface area contributed by atoms with Crippen LogP contribution in [0.1, 0.15) is 77.1 Å². The van der Waals surface area contributed by atoms with Gasteiger partial charge in [-0.15, -0.1) is 11.3 Å². The average molecular weight is 1010 g/mol. The molecule has 374 valence electrons. The first-order chi connectivity index (χ1) is 33.9. The highest BCUT2D eigenvalue weighted by atomic mass is 32.1. The standard InChI is InChI=1S/C53H61FN8O7S2/c1-34-47(71-33-58-34)37-15-13-35(14-16-37)29-57-49(65)43-12-11-25-61(43)50(66)48(52(2,3)4)59-44(64)31-68-26-9-10-27-69-40-21-17-36(18-22-40)41-23-20-39(30-56-41)62(53(5,6)32-63)51(70)60(7)42-24-19-38(28-55)46(67-8)45(42)54/h13-24,30,32-33,43,48H,9-12,25-27,29,31H2,1-8H3,(H,57,65)(H,59,64). The smallest absolute Gasteiger partial charge is 0.246 e. The number of aromatic nitrogens is 2. The van der Waals surface area contributed by atoms with Crippen molar-refractivity contribution in [1.82, 2.24) is 25.5 Å². The number of hydrogen-bond donors (Lipinski definition) is 2. The molecule has 3 amide bonds. The van der Waals surface area contributed by atoms with E-state index in [1.54, 1.807) is 60.4 Å². The maximum atomic E-state index is 15.5. The van der Waals surface area contributed by atoms with E-state index in [-0.39, 0.29) is 40.5 Å². The Bertz CT molecular complexity index is 2720. The average Bonchev–Trinajstić information content (AvgIpc) is 4.04. The lowest BCUT2D eigenvalue weighted by Crippen LogP contribution is -2.58. The molecule has 3 heterocycles. The summed E-state index contributed by atoms with van der Waals surface area (Å²) in [5, 5.41) is 15.4. The van der Waals surface area contributed by atoms with Gasteiger partial charge in [0, 0.05) is 32.3 Å². The fourth-order valence-electron chi connectivity index (χ4n) is 8.14. The van der Waals surface area contributed by atoms with Gasteiger partial charge in [-0.25, -0.2) is 9.37 Å². The van der Waals surface area contributed by atoms with Crippen LogP contribution in [-0.2, 0) is 30.5 Å². The Morgan fingerprint density at radius 3 is 2.32 bits per heavy atom. The van der Waals surface area contributed by atoms with Crippen molar-refractivity contribution in [2.75, 3.05) is 50.3 Å². The highest BCUT2D eigenvalue weighted by Gasteiger charge is 2.42. The van der Waals surface area contributed by atoms with Crippen LogP contribution >= 0.6 is 23.6 Å². The first-order valence-electron chi connectivity index (χ1n) is 23.3. The summed E-state index contributed by atoms with van der Waals surface area (Å²) >= 11 is 7.40. The maximum absolute atomic E-state index is 15.5. The maximum Gasteiger partial charge on any atom is 0.246 e. The third-order valence-corrected chi connectivity index (χ3v) is 13.6. The van der Waals surface area contributed by atoms with Crippen LogP contribution in [0.3, 0.4) is 0 Å². The number of thiazole rings is 1. The number of thiocarbonyl (C=S) groups is 1. The minimum Gasteiger partial charge on any atom is -0.494 e. The number of hydrogen-bond acceptors (Lipinski definition) is 12. The number of amides is 3. The number of aryl methyl sites for hydroxylation is 1. The van der Waals surface area contributed by atoms with E-state index in [0.29, 0.717) is 69.1 Å². The van der Waals surface area contributed by atoms with Crippen molar-refractivity contribution in [1.29, 1.82) is 5.26 Å². The molecule has 2 atom stereocenters. The number of nitriles is 1. The van der Waals surface area contributed by atoms with Crippen LogP contribution in [0, 0.1) is 29.5 Å². The quantitative estimate of drug-likeness (QED) is 0.0432. The van der Waals surface area contributed by atoms with Gasteiger partial charge in [0.05, 0.1) is 64.2 Å². The zero-order chi connectivity index (χ0) is 51.5. The van der Waals surface area contributed by atoms with E-state index in [9.17, 15) is 24.4 Å². The van der Waals surface area contributed by atoms with E-state index in [0.717, 1.165) is 33.5 Å². The second-order valence-corrected chi connectivity index (χ2v) is 20.0. The summed E-state index contributed by atoms with van der Waals surface area (Å²) in [7, 11) is 2.85. The number of pyridine rings is 1. The van der Waals surface area contributed by atoms with Gasteiger partial charge < -0.3 is 44.3 Å². The highest BCUT2D eigenvalue weighted by Crippen LogP contribution is 2.34. The summed E-state index contributed by atoms with van der Waals surface area (Å²) in [4.78, 5) is 67.5. The molecule has 5 aromatic rings. The molecule has 0 aliphatic carbocycles. The zero-order valence-electron chi connectivity index (χ0n) is 41.4. The Morgan fingerprint density at radius 2 is 1.70 bits per heavy atom. The lowest BCUT2D eigenvalue weighted by Gasteiger charge is -2.39. The van der Waals surface area contributed by atoms with Gasteiger partial charge in [0.1, 0.15) is 36.8 Å². The molecule has 1 saturated heterocycles. The first kappa shape index (κ1) is 53.5. The van der Waals surface area contributed by atoms with Gasteiger partial charge in [0.25, 0.3) is 0 Å². The fourth-order valence-corrected chi connectivity index (χ4v) is 9.39. The van der Waals surface area contributed by atoms with Gasteiger partial charge >= 0.3 is 0 Å². The first-order valence-corrected chi connectivity index (χ1v) is 24.6. The lowest BCUT2D eigenvalue weighted by atomic mass is 9.85. The summed E-state index contributed by atoms with van der Waals surface area (Å²) in [6, 6.07) is 22.3. The summed E-state index contributed by atoms with van der Waals surface area (Å²) in [6.07, 6.45) is 4.88. The molecular formula is C53H61FN8O7S2. The number of likely N-dealkylation sites (tertiary alicyclic amines) is 1. The van der Waals surface area contributed by atoms with Crippen LogP contribution in [0.25, 0.3) is 21.7 Å². The number of methoxy groups -OCH3 is 1. The molecule has 0 saturated carbocycles. The molecule has 0 spiro atoms. The van der Waals surface area contributed by atoms with Gasteiger partial charge in [-0.2, -0.15) is 5.26 Å². The molecule has 71 heavy (non-hydrogen) atoms. The molecule has 2 aromatic heterocycles. The van der Waals surface area contributed by atoms with Gasteiger partial charge in [0.2, 0.25) is 17.7 Å². The molecule has 6 rings (SSSR count).